The number of hydrazone groups is 2. The van der Waals surface area contributed by atoms with Gasteiger partial charge in [-0.15, -0.1) is 20.7 Å². The van der Waals surface area contributed by atoms with Gasteiger partial charge in [0.05, 0.1) is 37.8 Å². The monoisotopic (exact) mass is 920 g/mol. The summed E-state index contributed by atoms with van der Waals surface area (Å²) in [6.45, 7) is -0.354. The summed E-state index contributed by atoms with van der Waals surface area (Å²) in [5.74, 6) is 1.21. The molecule has 0 aliphatic carbocycles. The van der Waals surface area contributed by atoms with E-state index in [4.69, 9.17) is 0 Å². The molecule has 24 heteroatoms. The summed E-state index contributed by atoms with van der Waals surface area (Å²) in [5.41, 5.74) is 13.8. The molecule has 2 aliphatic rings. The van der Waals surface area contributed by atoms with Gasteiger partial charge in [0.15, 0.2) is 11.7 Å². The van der Waals surface area contributed by atoms with Gasteiger partial charge in [0.2, 0.25) is 0 Å². The van der Waals surface area contributed by atoms with Crippen LogP contribution in [0.4, 0.5) is 22.7 Å². The van der Waals surface area contributed by atoms with E-state index < -0.39 is 30.0 Å². The van der Waals surface area contributed by atoms with Crippen LogP contribution in [0.1, 0.15) is 11.1 Å². The minimum Gasteiger partial charge on any atom is -0.395 e. The van der Waals surface area contributed by atoms with Gasteiger partial charge in [0, 0.05) is 49.7 Å². The molecular formula is C40H48N12O10S2. The maximum absolute atomic E-state index is 12.7. The first-order chi connectivity index (χ1) is 30.8. The number of nitrogens with one attached hydrogen (secondary N) is 6. The lowest BCUT2D eigenvalue weighted by atomic mass is 10.1. The van der Waals surface area contributed by atoms with Crippen LogP contribution in [0.25, 0.3) is 12.2 Å². The molecule has 0 bridgehead atoms. The van der Waals surface area contributed by atoms with Crippen LogP contribution in [0.2, 0.25) is 0 Å². The molecule has 4 aromatic rings. The van der Waals surface area contributed by atoms with Gasteiger partial charge in [0.1, 0.15) is 21.4 Å². The molecule has 0 amide bonds. The Balaban J connectivity index is 1.26. The van der Waals surface area contributed by atoms with Crippen LogP contribution < -0.4 is 32.3 Å². The van der Waals surface area contributed by atoms with E-state index in [1.807, 2.05) is 36.4 Å². The van der Waals surface area contributed by atoms with E-state index in [0.717, 1.165) is 12.1 Å². The third-order valence-corrected chi connectivity index (χ3v) is 11.0. The number of aliphatic hydroxyl groups excluding tert-OH is 4. The van der Waals surface area contributed by atoms with Gasteiger partial charge >= 0.3 is 0 Å². The van der Waals surface area contributed by atoms with Gasteiger partial charge in [0.25, 0.3) is 20.2 Å². The molecule has 2 aliphatic heterocycles. The van der Waals surface area contributed by atoms with Crippen molar-refractivity contribution in [2.75, 3.05) is 74.1 Å². The third-order valence-electron chi connectivity index (χ3n) is 9.13. The first kappa shape index (κ1) is 46.6. The summed E-state index contributed by atoms with van der Waals surface area (Å²) in [6.07, 6.45) is 5.66. The zero-order valence-corrected chi connectivity index (χ0v) is 35.7. The predicted octanol–water partition coefficient (Wildman–Crippen LogP) is 1.75. The van der Waals surface area contributed by atoms with E-state index in [2.05, 4.69) is 42.5 Å². The SMILES string of the molecule is O=S(=O)(O)c1cc(NC2=CC(N(CCO)CCO)=NN(Nc3ccccc3)N2)ccc1/C=C/c1ccc(NC2=CC(N(CCO)CCO)=NN(Nc3ccccc3)N2)cc1S(=O)(=O)O. The molecular weight excluding hydrogens is 873 g/mol. The summed E-state index contributed by atoms with van der Waals surface area (Å²) < 4.78 is 71.6. The molecule has 0 aromatic heterocycles. The molecule has 22 nitrogen and oxygen atoms in total. The van der Waals surface area contributed by atoms with Crippen LogP contribution in [0.3, 0.4) is 0 Å². The summed E-state index contributed by atoms with van der Waals surface area (Å²) >= 11 is 0. The van der Waals surface area contributed by atoms with Crippen LogP contribution in [0.5, 0.6) is 0 Å². The number of hydrogen-bond donors (Lipinski definition) is 12. The summed E-state index contributed by atoms with van der Waals surface area (Å²) in [4.78, 5) is 2.18. The minimum absolute atomic E-state index is 0.0292. The summed E-state index contributed by atoms with van der Waals surface area (Å²) in [6, 6.07) is 26.2. The van der Waals surface area contributed by atoms with E-state index >= 15 is 0 Å². The first-order valence-electron chi connectivity index (χ1n) is 19.5. The van der Waals surface area contributed by atoms with E-state index in [-0.39, 0.29) is 86.8 Å². The second-order valence-electron chi connectivity index (χ2n) is 13.7. The topological polar surface area (TPSA) is 300 Å². The lowest BCUT2D eigenvalue weighted by molar-refractivity contribution is 0.203. The number of hydrogen-bond acceptors (Lipinski definition) is 20. The number of amidine groups is 2. The zero-order chi connectivity index (χ0) is 45.7. The van der Waals surface area contributed by atoms with Crippen molar-refractivity contribution >= 4 is 66.8 Å². The number of aliphatic hydroxyl groups is 4. The highest BCUT2D eigenvalue weighted by Gasteiger charge is 2.23. The van der Waals surface area contributed by atoms with Crippen molar-refractivity contribution in [3.8, 4) is 0 Å². The van der Waals surface area contributed by atoms with Crippen molar-refractivity contribution in [1.29, 1.82) is 0 Å². The second-order valence-corrected chi connectivity index (χ2v) is 16.5. The molecule has 0 saturated carbocycles. The van der Waals surface area contributed by atoms with Gasteiger partial charge in [-0.25, -0.2) is 10.9 Å². The van der Waals surface area contributed by atoms with Gasteiger partial charge < -0.3 is 40.9 Å². The molecule has 0 atom stereocenters. The molecule has 0 fully saturated rings. The highest BCUT2D eigenvalue weighted by molar-refractivity contribution is 7.86. The number of nitrogens with zero attached hydrogens (tertiary/aromatic N) is 6. The summed E-state index contributed by atoms with van der Waals surface area (Å²) in [5, 5.41) is 56.3. The standard InChI is InChI=1S/C40H48N12O10S2/c53-21-17-49(18-22-54)39-27-37(45-51(47-39)43-31-7-3-1-4-8-31)41-33-15-13-29(35(25-33)63(57,58)59)11-12-30-14-16-34(26-36(30)64(60,61)62)42-38-28-40(50(19-23-55)20-24-56)48-52(46-38)44-32-9-5-2-6-10-32/h1-16,25-28,41-46,53-56H,17-24H2,(H,57,58,59)(H,60,61,62)/b12-11+. The van der Waals surface area contributed by atoms with Crippen LogP contribution in [-0.4, -0.2) is 131 Å². The number of hydrazine groups is 4. The Morgan fingerprint density at radius 3 is 1.22 bits per heavy atom. The van der Waals surface area contributed by atoms with Crippen molar-refractivity contribution < 1.29 is 46.4 Å². The van der Waals surface area contributed by atoms with Crippen molar-refractivity contribution in [3.63, 3.8) is 0 Å². The molecule has 0 saturated heterocycles. The average molecular weight is 921 g/mol. The molecule has 2 heterocycles. The molecule has 0 spiro atoms. The average Bonchev–Trinajstić information content (AvgIpc) is 3.26. The van der Waals surface area contributed by atoms with Crippen molar-refractivity contribution in [2.45, 2.75) is 9.79 Å². The molecule has 4 aromatic carbocycles. The van der Waals surface area contributed by atoms with Crippen molar-refractivity contribution in [3.05, 3.63) is 132 Å². The normalized spacial score (nSPS) is 14.1. The quantitative estimate of drug-likeness (QED) is 0.0444. The maximum atomic E-state index is 12.7. The van der Waals surface area contributed by atoms with Crippen LogP contribution in [0, 0.1) is 0 Å². The predicted molar refractivity (Wildman–Crippen MR) is 241 cm³/mol. The van der Waals surface area contributed by atoms with Gasteiger partial charge in [-0.2, -0.15) is 16.8 Å². The Kier molecular flexibility index (Phi) is 15.6. The Bertz CT molecular complexity index is 2430. The molecule has 6 rings (SSSR count). The smallest absolute Gasteiger partial charge is 0.295 e. The third kappa shape index (κ3) is 12.8. The molecule has 0 radical (unpaired) electrons. The fourth-order valence-electron chi connectivity index (χ4n) is 6.28. The number of para-hydroxylation sites is 2. The Morgan fingerprint density at radius 1 is 0.531 bits per heavy atom. The maximum Gasteiger partial charge on any atom is 0.295 e. The fourth-order valence-corrected chi connectivity index (χ4v) is 7.70. The molecule has 340 valence electrons. The van der Waals surface area contributed by atoms with Crippen LogP contribution in [-0.2, 0) is 20.2 Å². The second kappa shape index (κ2) is 21.5. The lowest BCUT2D eigenvalue weighted by Gasteiger charge is -2.32. The number of anilines is 4. The fraction of sp³-hybridized carbons (Fsp3) is 0.200. The Morgan fingerprint density at radius 2 is 0.891 bits per heavy atom. The van der Waals surface area contributed by atoms with Crippen LogP contribution in [0.15, 0.2) is 141 Å². The van der Waals surface area contributed by atoms with Gasteiger partial charge in [-0.3, -0.25) is 20.0 Å². The number of rotatable bonds is 20. The van der Waals surface area contributed by atoms with Crippen molar-refractivity contribution in [1.82, 2.24) is 31.1 Å². The molecule has 0 unspecified atom stereocenters. The molecule has 64 heavy (non-hydrogen) atoms. The van der Waals surface area contributed by atoms with E-state index in [1.165, 1.54) is 46.9 Å². The lowest BCUT2D eigenvalue weighted by Crippen LogP contribution is -2.47. The zero-order valence-electron chi connectivity index (χ0n) is 34.0. The largest absolute Gasteiger partial charge is 0.395 e. The minimum atomic E-state index is -4.88. The van der Waals surface area contributed by atoms with E-state index in [9.17, 15) is 46.4 Å². The van der Waals surface area contributed by atoms with E-state index in [1.54, 1.807) is 46.2 Å². The van der Waals surface area contributed by atoms with E-state index in [0.29, 0.717) is 23.0 Å². The first-order valence-corrected chi connectivity index (χ1v) is 22.4. The highest BCUT2D eigenvalue weighted by atomic mass is 32.2. The highest BCUT2D eigenvalue weighted by Crippen LogP contribution is 2.28. The number of benzene rings is 4. The summed E-state index contributed by atoms with van der Waals surface area (Å²) in [7, 11) is -9.76. The van der Waals surface area contributed by atoms with Crippen molar-refractivity contribution in [2.24, 2.45) is 10.2 Å². The Hall–Kier alpha value is -6.90. The molecule has 12 N–H and O–H groups in total. The Labute approximate surface area is 369 Å². The van der Waals surface area contributed by atoms with Gasteiger partial charge in [-0.05, 0) is 59.7 Å². The van der Waals surface area contributed by atoms with Crippen LogP contribution >= 0.6 is 0 Å². The van der Waals surface area contributed by atoms with Gasteiger partial charge in [-0.1, -0.05) is 60.7 Å².